The predicted octanol–water partition coefficient (Wildman–Crippen LogP) is 2.37. The molecule has 15 heavy (non-hydrogen) atoms. The molecule has 0 aliphatic carbocycles. The molecule has 0 heterocycles. The van der Waals surface area contributed by atoms with Crippen molar-refractivity contribution in [3.05, 3.63) is 28.8 Å². The summed E-state index contributed by atoms with van der Waals surface area (Å²) < 4.78 is 4.59. The molecule has 0 fully saturated rings. The number of methoxy groups -OCH3 is 1. The van der Waals surface area contributed by atoms with Crippen LogP contribution >= 0.6 is 24.2 Å². The first-order valence-corrected chi connectivity index (χ1v) is 5.03. The first-order chi connectivity index (χ1) is 7.15. The predicted molar refractivity (Wildman–Crippen MR) is 59.3 cm³/mol. The number of hydrogen-bond donors (Lipinski definition) is 1. The quantitative estimate of drug-likeness (QED) is 0.491. The van der Waals surface area contributed by atoms with E-state index in [4.69, 9.17) is 16.9 Å². The minimum absolute atomic E-state index is 0.110. The van der Waals surface area contributed by atoms with Crippen LogP contribution in [0, 0.1) is 11.3 Å². The van der Waals surface area contributed by atoms with Gasteiger partial charge in [-0.05, 0) is 17.7 Å². The number of carbonyl (C=O) groups is 1. The van der Waals surface area contributed by atoms with Crippen LogP contribution < -0.4 is 0 Å². The topological polar surface area (TPSA) is 50.1 Å². The number of carbonyl (C=O) groups excluding carboxylic acids is 1. The van der Waals surface area contributed by atoms with Crippen LogP contribution in [0.25, 0.3) is 0 Å². The van der Waals surface area contributed by atoms with E-state index in [0.717, 1.165) is 0 Å². The molecule has 0 aliphatic heterocycles. The van der Waals surface area contributed by atoms with Gasteiger partial charge < -0.3 is 4.74 Å². The third kappa shape index (κ3) is 2.25. The van der Waals surface area contributed by atoms with Crippen LogP contribution in [0.1, 0.15) is 21.5 Å². The van der Waals surface area contributed by atoms with Gasteiger partial charge in [-0.15, -0.1) is 24.2 Å². The average molecular weight is 242 g/mol. The minimum atomic E-state index is -0.571. The summed E-state index contributed by atoms with van der Waals surface area (Å²) >= 11 is 9.87. The standard InChI is InChI=1S/C10H8ClNO2S/c1-14-10(13)9-6(5-12)2-3-8(15)7(9)4-11/h2-3,15H,4H2,1H3. The summed E-state index contributed by atoms with van der Waals surface area (Å²) in [5.74, 6) is -0.461. The summed E-state index contributed by atoms with van der Waals surface area (Å²) in [7, 11) is 1.26. The second kappa shape index (κ2) is 5.06. The summed E-state index contributed by atoms with van der Waals surface area (Å²) in [6.45, 7) is 0. The molecular formula is C10H8ClNO2S. The maximum absolute atomic E-state index is 11.5. The number of nitrogens with zero attached hydrogens (tertiary/aromatic N) is 1. The second-order valence-corrected chi connectivity index (χ2v) is 3.47. The van der Waals surface area contributed by atoms with Gasteiger partial charge in [-0.3, -0.25) is 0 Å². The highest BCUT2D eigenvalue weighted by atomic mass is 35.5. The molecule has 0 bridgehead atoms. The van der Waals surface area contributed by atoms with E-state index in [2.05, 4.69) is 17.4 Å². The van der Waals surface area contributed by atoms with Crippen LogP contribution in [0.5, 0.6) is 0 Å². The Hall–Kier alpha value is -1.18. The van der Waals surface area contributed by atoms with Crippen molar-refractivity contribution in [3.8, 4) is 6.07 Å². The lowest BCUT2D eigenvalue weighted by molar-refractivity contribution is 0.0599. The second-order valence-electron chi connectivity index (χ2n) is 2.72. The summed E-state index contributed by atoms with van der Waals surface area (Å²) in [6, 6.07) is 5.07. The normalized spacial score (nSPS) is 9.47. The summed E-state index contributed by atoms with van der Waals surface area (Å²) in [4.78, 5) is 12.0. The van der Waals surface area contributed by atoms with E-state index in [-0.39, 0.29) is 17.0 Å². The Morgan fingerprint density at radius 3 is 2.80 bits per heavy atom. The Balaban J connectivity index is 3.49. The zero-order valence-corrected chi connectivity index (χ0v) is 9.60. The monoisotopic (exact) mass is 241 g/mol. The van der Waals surface area contributed by atoms with E-state index in [9.17, 15) is 4.79 Å². The zero-order chi connectivity index (χ0) is 11.4. The number of ether oxygens (including phenoxy) is 1. The molecule has 0 atom stereocenters. The maximum atomic E-state index is 11.5. The molecule has 3 nitrogen and oxygen atoms in total. The summed E-state index contributed by atoms with van der Waals surface area (Å²) in [6.07, 6.45) is 0. The van der Waals surface area contributed by atoms with Gasteiger partial charge in [0.25, 0.3) is 0 Å². The lowest BCUT2D eigenvalue weighted by Gasteiger charge is -2.09. The molecule has 0 saturated carbocycles. The van der Waals surface area contributed by atoms with E-state index in [0.29, 0.717) is 10.5 Å². The Morgan fingerprint density at radius 1 is 1.67 bits per heavy atom. The number of alkyl halides is 1. The van der Waals surface area contributed by atoms with E-state index >= 15 is 0 Å². The molecule has 0 amide bonds. The molecule has 78 valence electrons. The van der Waals surface area contributed by atoms with E-state index < -0.39 is 5.97 Å². The lowest BCUT2D eigenvalue weighted by Crippen LogP contribution is -2.08. The molecular weight excluding hydrogens is 234 g/mol. The van der Waals surface area contributed by atoms with Gasteiger partial charge in [-0.25, -0.2) is 4.79 Å². The number of nitriles is 1. The van der Waals surface area contributed by atoms with Crippen LogP contribution in [-0.2, 0) is 10.6 Å². The highest BCUT2D eigenvalue weighted by molar-refractivity contribution is 7.80. The maximum Gasteiger partial charge on any atom is 0.339 e. The lowest BCUT2D eigenvalue weighted by atomic mass is 10.0. The molecule has 1 aromatic rings. The number of rotatable bonds is 2. The van der Waals surface area contributed by atoms with Gasteiger partial charge in [0.05, 0.1) is 18.2 Å². The highest BCUT2D eigenvalue weighted by Gasteiger charge is 2.18. The van der Waals surface area contributed by atoms with Gasteiger partial charge >= 0.3 is 5.97 Å². The fourth-order valence-electron chi connectivity index (χ4n) is 1.20. The van der Waals surface area contributed by atoms with Gasteiger partial charge in [-0.2, -0.15) is 5.26 Å². The fourth-order valence-corrected chi connectivity index (χ4v) is 1.84. The van der Waals surface area contributed by atoms with Gasteiger partial charge in [0.15, 0.2) is 0 Å². The van der Waals surface area contributed by atoms with Gasteiger partial charge in [0.1, 0.15) is 6.07 Å². The summed E-state index contributed by atoms with van der Waals surface area (Å²) in [5, 5.41) is 8.85. The highest BCUT2D eigenvalue weighted by Crippen LogP contribution is 2.24. The van der Waals surface area contributed by atoms with E-state index in [1.807, 2.05) is 6.07 Å². The Morgan fingerprint density at radius 2 is 2.33 bits per heavy atom. The number of benzene rings is 1. The van der Waals surface area contributed by atoms with Crippen LogP contribution in [0.4, 0.5) is 0 Å². The van der Waals surface area contributed by atoms with Crippen molar-refractivity contribution >= 4 is 30.2 Å². The number of esters is 1. The Labute approximate surface area is 98.0 Å². The minimum Gasteiger partial charge on any atom is -0.465 e. The van der Waals surface area contributed by atoms with Crippen molar-refractivity contribution in [2.45, 2.75) is 10.8 Å². The van der Waals surface area contributed by atoms with Crippen molar-refractivity contribution in [2.75, 3.05) is 7.11 Å². The third-order valence-electron chi connectivity index (χ3n) is 1.93. The van der Waals surface area contributed by atoms with Crippen molar-refractivity contribution < 1.29 is 9.53 Å². The van der Waals surface area contributed by atoms with Gasteiger partial charge in [0, 0.05) is 10.8 Å². The Bertz CT molecular complexity index is 440. The number of hydrogen-bond acceptors (Lipinski definition) is 4. The van der Waals surface area contributed by atoms with Crippen molar-refractivity contribution in [1.82, 2.24) is 0 Å². The van der Waals surface area contributed by atoms with Gasteiger partial charge in [0.2, 0.25) is 0 Å². The molecule has 0 radical (unpaired) electrons. The molecule has 5 heteroatoms. The van der Waals surface area contributed by atoms with Crippen molar-refractivity contribution in [1.29, 1.82) is 5.26 Å². The van der Waals surface area contributed by atoms with Crippen molar-refractivity contribution in [2.24, 2.45) is 0 Å². The SMILES string of the molecule is COC(=O)c1c(C#N)ccc(S)c1CCl. The number of halogens is 1. The first kappa shape index (κ1) is 11.9. The largest absolute Gasteiger partial charge is 0.465 e. The molecule has 0 aromatic heterocycles. The Kier molecular flexibility index (Phi) is 4.01. The molecule has 0 spiro atoms. The summed E-state index contributed by atoms with van der Waals surface area (Å²) in [5.41, 5.74) is 0.962. The van der Waals surface area contributed by atoms with Crippen molar-refractivity contribution in [3.63, 3.8) is 0 Å². The average Bonchev–Trinajstić information content (AvgIpc) is 2.27. The molecule has 0 aliphatic rings. The molecule has 0 unspecified atom stereocenters. The van der Waals surface area contributed by atoms with E-state index in [1.165, 1.54) is 13.2 Å². The fraction of sp³-hybridized carbons (Fsp3) is 0.200. The smallest absolute Gasteiger partial charge is 0.339 e. The first-order valence-electron chi connectivity index (χ1n) is 4.05. The zero-order valence-electron chi connectivity index (χ0n) is 7.95. The van der Waals surface area contributed by atoms with E-state index in [1.54, 1.807) is 6.07 Å². The molecule has 1 aromatic carbocycles. The molecule has 1 rings (SSSR count). The van der Waals surface area contributed by atoms with Crippen LogP contribution in [-0.4, -0.2) is 13.1 Å². The van der Waals surface area contributed by atoms with Crippen LogP contribution in [0.3, 0.4) is 0 Å². The number of thiol groups is 1. The van der Waals surface area contributed by atoms with Crippen LogP contribution in [0.15, 0.2) is 17.0 Å². The van der Waals surface area contributed by atoms with Gasteiger partial charge in [-0.1, -0.05) is 0 Å². The van der Waals surface area contributed by atoms with Crippen LogP contribution in [0.2, 0.25) is 0 Å². The molecule has 0 saturated heterocycles. The molecule has 0 N–H and O–H groups in total. The third-order valence-corrected chi connectivity index (χ3v) is 2.62.